The molecule has 4 unspecified atom stereocenters. The van der Waals surface area contributed by atoms with Crippen LogP contribution in [0.2, 0.25) is 0 Å². The lowest BCUT2D eigenvalue weighted by Crippen LogP contribution is -2.55. The predicted octanol–water partition coefficient (Wildman–Crippen LogP) is 4.40. The van der Waals surface area contributed by atoms with E-state index in [1.807, 2.05) is 36.4 Å². The molecule has 0 heterocycles. The van der Waals surface area contributed by atoms with Crippen molar-refractivity contribution < 1.29 is 24.5 Å². The monoisotopic (exact) mass is 422 g/mol. The van der Waals surface area contributed by atoms with E-state index in [1.165, 1.54) is 0 Å². The van der Waals surface area contributed by atoms with Crippen LogP contribution in [0.5, 0.6) is 11.5 Å². The first-order valence-corrected chi connectivity index (χ1v) is 10.7. The van der Waals surface area contributed by atoms with E-state index >= 15 is 0 Å². The Kier molecular flexibility index (Phi) is 5.67. The molecule has 2 N–H and O–H groups in total. The second kappa shape index (κ2) is 8.13. The zero-order valence-corrected chi connectivity index (χ0v) is 18.5. The molecule has 2 aromatic rings. The van der Waals surface area contributed by atoms with Crippen molar-refractivity contribution in [1.82, 2.24) is 0 Å². The van der Waals surface area contributed by atoms with Crippen molar-refractivity contribution in [2.75, 3.05) is 14.2 Å². The van der Waals surface area contributed by atoms with Crippen LogP contribution < -0.4 is 9.47 Å². The normalized spacial score (nSPS) is 23.7. The van der Waals surface area contributed by atoms with Crippen molar-refractivity contribution in [2.45, 2.75) is 38.9 Å². The summed E-state index contributed by atoms with van der Waals surface area (Å²) in [6, 6.07) is 14.6. The van der Waals surface area contributed by atoms with Crippen molar-refractivity contribution >= 4 is 5.78 Å². The largest absolute Gasteiger partial charge is 0.496 e. The van der Waals surface area contributed by atoms with Crippen LogP contribution in [0.3, 0.4) is 0 Å². The molecule has 0 aromatic heterocycles. The number of carbonyl (C=O) groups is 1. The number of ether oxygens (including phenoxy) is 2. The minimum absolute atomic E-state index is 0.0202. The Morgan fingerprint density at radius 2 is 1.48 bits per heavy atom. The molecule has 5 nitrogen and oxygen atoms in total. The van der Waals surface area contributed by atoms with Crippen LogP contribution >= 0.6 is 0 Å². The Hall–Kier alpha value is -2.63. The van der Waals surface area contributed by atoms with Gasteiger partial charge in [0.2, 0.25) is 0 Å². The molecule has 0 aliphatic heterocycles. The van der Waals surface area contributed by atoms with Crippen LogP contribution in [0.4, 0.5) is 0 Å². The van der Waals surface area contributed by atoms with Gasteiger partial charge in [0.05, 0.1) is 20.3 Å². The number of aliphatic hydroxyl groups is 2. The van der Waals surface area contributed by atoms with Gasteiger partial charge in [-0.2, -0.15) is 0 Å². The Bertz CT molecular complexity index is 1020. The summed E-state index contributed by atoms with van der Waals surface area (Å²) in [6.45, 7) is 4.21. The van der Waals surface area contributed by atoms with E-state index in [2.05, 4.69) is 13.8 Å². The Morgan fingerprint density at radius 1 is 0.935 bits per heavy atom. The van der Waals surface area contributed by atoms with Crippen molar-refractivity contribution in [3.63, 3.8) is 0 Å². The maximum Gasteiger partial charge on any atom is 0.165 e. The number of fused-ring (bicyclic) bond motifs is 1. The Morgan fingerprint density at radius 3 is 2.06 bits per heavy atom. The Labute approximate surface area is 183 Å². The van der Waals surface area contributed by atoms with Crippen LogP contribution in [0, 0.1) is 17.3 Å². The molecule has 164 valence electrons. The van der Waals surface area contributed by atoms with E-state index in [0.29, 0.717) is 28.2 Å². The molecule has 1 fully saturated rings. The van der Waals surface area contributed by atoms with E-state index in [9.17, 15) is 15.0 Å². The number of carbonyl (C=O) groups excluding carboxylic acids is 1. The van der Waals surface area contributed by atoms with Crippen LogP contribution in [0.15, 0.2) is 59.7 Å². The molecule has 0 spiro atoms. The molecule has 0 amide bonds. The third kappa shape index (κ3) is 3.46. The lowest BCUT2D eigenvalue weighted by Gasteiger charge is -2.57. The standard InChI is InChI=1S/C26H30O5/c1-26(2)18-14-19(26)25(29)23(24(28)16-10-6-8-12-22(16)31-4)17(18)13-20(27)15-9-5-7-11-21(15)30-3/h5-12,18-20,24,27-28H,13-14H2,1-4H3. The molecule has 0 radical (unpaired) electrons. The van der Waals surface area contributed by atoms with E-state index in [4.69, 9.17) is 9.47 Å². The summed E-state index contributed by atoms with van der Waals surface area (Å²) in [5, 5.41) is 22.4. The van der Waals surface area contributed by atoms with Gasteiger partial charge in [-0.05, 0) is 36.3 Å². The first-order valence-electron chi connectivity index (χ1n) is 10.7. The summed E-state index contributed by atoms with van der Waals surface area (Å²) < 4.78 is 10.8. The van der Waals surface area contributed by atoms with Crippen LogP contribution in [0.25, 0.3) is 0 Å². The number of rotatable bonds is 7. The van der Waals surface area contributed by atoms with Crippen molar-refractivity contribution in [3.05, 3.63) is 70.8 Å². The molecule has 4 atom stereocenters. The summed E-state index contributed by atoms with van der Waals surface area (Å²) in [5.74, 6) is 1.16. The van der Waals surface area contributed by atoms with Gasteiger partial charge in [-0.25, -0.2) is 0 Å². The molecule has 5 heteroatoms. The lowest BCUT2D eigenvalue weighted by atomic mass is 9.46. The second-order valence-electron chi connectivity index (χ2n) is 9.07. The van der Waals surface area contributed by atoms with Gasteiger partial charge in [0.25, 0.3) is 0 Å². The fraction of sp³-hybridized carbons (Fsp3) is 0.423. The first-order chi connectivity index (χ1) is 14.8. The van der Waals surface area contributed by atoms with Gasteiger partial charge < -0.3 is 19.7 Å². The zero-order chi connectivity index (χ0) is 22.3. The van der Waals surface area contributed by atoms with Gasteiger partial charge in [0.1, 0.15) is 17.6 Å². The van der Waals surface area contributed by atoms with Gasteiger partial charge in [-0.1, -0.05) is 55.8 Å². The van der Waals surface area contributed by atoms with Crippen molar-refractivity contribution in [2.24, 2.45) is 17.3 Å². The molecule has 2 aromatic carbocycles. The zero-order valence-electron chi connectivity index (χ0n) is 18.5. The van der Waals surface area contributed by atoms with Gasteiger partial charge in [0.15, 0.2) is 5.78 Å². The highest BCUT2D eigenvalue weighted by Gasteiger charge is 2.58. The highest BCUT2D eigenvalue weighted by atomic mass is 16.5. The Balaban J connectivity index is 1.79. The van der Waals surface area contributed by atoms with Gasteiger partial charge in [0, 0.05) is 22.6 Å². The highest BCUT2D eigenvalue weighted by Crippen LogP contribution is 2.62. The number of ketones is 1. The molecule has 5 rings (SSSR count). The molecule has 3 aliphatic rings. The second-order valence-corrected chi connectivity index (χ2v) is 9.07. The molecule has 31 heavy (non-hydrogen) atoms. The highest BCUT2D eigenvalue weighted by molar-refractivity contribution is 6.02. The average Bonchev–Trinajstić information content (AvgIpc) is 2.77. The minimum atomic E-state index is -1.09. The fourth-order valence-electron chi connectivity index (χ4n) is 5.37. The van der Waals surface area contributed by atoms with Gasteiger partial charge >= 0.3 is 0 Å². The third-order valence-corrected chi connectivity index (χ3v) is 7.23. The SMILES string of the molecule is COc1ccccc1C(O)CC1=C(C(O)c2ccccc2OC)C(=O)C2CC1C2(C)C. The number of Topliss-reactive ketones (excluding diaryl/α,β-unsaturated/α-hetero) is 1. The molecule has 1 saturated carbocycles. The molecular weight excluding hydrogens is 392 g/mol. The summed E-state index contributed by atoms with van der Waals surface area (Å²) in [6.07, 6.45) is -0.895. The van der Waals surface area contributed by atoms with Crippen LogP contribution in [-0.4, -0.2) is 30.2 Å². The predicted molar refractivity (Wildman–Crippen MR) is 118 cm³/mol. The van der Waals surface area contributed by atoms with Crippen molar-refractivity contribution in [3.8, 4) is 11.5 Å². The van der Waals surface area contributed by atoms with E-state index in [1.54, 1.807) is 26.4 Å². The summed E-state index contributed by atoms with van der Waals surface area (Å²) in [7, 11) is 3.13. The maximum atomic E-state index is 13.5. The summed E-state index contributed by atoms with van der Waals surface area (Å²) in [4.78, 5) is 13.5. The molecule has 2 bridgehead atoms. The van der Waals surface area contributed by atoms with Crippen molar-refractivity contribution in [1.29, 1.82) is 0 Å². The fourth-order valence-corrected chi connectivity index (χ4v) is 5.37. The summed E-state index contributed by atoms with van der Waals surface area (Å²) >= 11 is 0. The minimum Gasteiger partial charge on any atom is -0.496 e. The molecular formula is C26H30O5. The number of aliphatic hydroxyl groups excluding tert-OH is 2. The van der Waals surface area contributed by atoms with E-state index in [-0.39, 0.29) is 29.5 Å². The van der Waals surface area contributed by atoms with Crippen LogP contribution in [0.1, 0.15) is 50.0 Å². The number of para-hydroxylation sites is 2. The number of hydrogen-bond acceptors (Lipinski definition) is 5. The topological polar surface area (TPSA) is 76.0 Å². The third-order valence-electron chi connectivity index (χ3n) is 7.23. The first kappa shape index (κ1) is 21.6. The molecule has 0 saturated heterocycles. The van der Waals surface area contributed by atoms with Crippen LogP contribution in [-0.2, 0) is 4.79 Å². The average molecular weight is 423 g/mol. The quantitative estimate of drug-likeness (QED) is 0.692. The lowest BCUT2D eigenvalue weighted by molar-refractivity contribution is -0.137. The summed E-state index contributed by atoms with van der Waals surface area (Å²) in [5.41, 5.74) is 2.32. The maximum absolute atomic E-state index is 13.5. The van der Waals surface area contributed by atoms with E-state index < -0.39 is 12.2 Å². The number of hydrogen-bond donors (Lipinski definition) is 2. The van der Waals surface area contributed by atoms with E-state index in [0.717, 1.165) is 12.0 Å². The number of benzene rings is 2. The number of methoxy groups -OCH3 is 2. The molecule has 3 aliphatic carbocycles. The van der Waals surface area contributed by atoms with Gasteiger partial charge in [-0.15, -0.1) is 0 Å². The smallest absolute Gasteiger partial charge is 0.165 e. The van der Waals surface area contributed by atoms with Gasteiger partial charge in [-0.3, -0.25) is 4.79 Å².